The molecule has 0 saturated carbocycles. The van der Waals surface area contributed by atoms with Gasteiger partial charge in [-0.2, -0.15) is 10.3 Å². The molecule has 3 N–H and O–H groups in total. The van der Waals surface area contributed by atoms with E-state index in [1.165, 1.54) is 0 Å². The smallest absolute Gasteiger partial charge is 0.407 e. The molecule has 17 heavy (non-hydrogen) atoms. The van der Waals surface area contributed by atoms with E-state index in [1.807, 2.05) is 0 Å². The first kappa shape index (κ1) is 12.9. The number of carboxylic acids is 1. The average molecular weight is 242 g/mol. The van der Waals surface area contributed by atoms with Crippen molar-refractivity contribution in [2.24, 2.45) is 0 Å². The van der Waals surface area contributed by atoms with Crippen molar-refractivity contribution in [2.75, 3.05) is 0 Å². The van der Waals surface area contributed by atoms with E-state index in [9.17, 15) is 9.59 Å². The van der Waals surface area contributed by atoms with Crippen LogP contribution in [-0.4, -0.2) is 38.2 Å². The Bertz CT molecular complexity index is 421. The van der Waals surface area contributed by atoms with Crippen molar-refractivity contribution in [2.45, 2.75) is 32.9 Å². The summed E-state index contributed by atoms with van der Waals surface area (Å²) < 4.78 is 4.98. The molecule has 0 aliphatic heterocycles. The maximum absolute atomic E-state index is 11.3. The zero-order valence-corrected chi connectivity index (χ0v) is 9.77. The molecule has 1 amide bonds. The Hall–Kier alpha value is -2.12. The van der Waals surface area contributed by atoms with Crippen LogP contribution in [0.1, 0.15) is 37.0 Å². The van der Waals surface area contributed by atoms with Crippen molar-refractivity contribution in [3.63, 3.8) is 0 Å². The first-order valence-corrected chi connectivity index (χ1v) is 4.89. The van der Waals surface area contributed by atoms with Gasteiger partial charge < -0.3 is 15.2 Å². The lowest BCUT2D eigenvalue weighted by Crippen LogP contribution is -2.32. The summed E-state index contributed by atoms with van der Waals surface area (Å²) in [5.41, 5.74) is -0.687. The number of nitrogens with one attached hydrogen (secondary N) is 2. The van der Waals surface area contributed by atoms with Gasteiger partial charge in [0.15, 0.2) is 5.69 Å². The number of nitrogens with zero attached hydrogens (tertiary/aromatic N) is 2. The number of rotatable bonds is 3. The molecule has 0 bridgehead atoms. The first-order chi connectivity index (χ1) is 7.79. The maximum atomic E-state index is 11.3. The van der Waals surface area contributed by atoms with Gasteiger partial charge in [0, 0.05) is 0 Å². The SMILES string of the molecule is CC(C)(C)OC(=O)NCc1n[nH]nc1C(=O)O. The van der Waals surface area contributed by atoms with Gasteiger partial charge in [0.1, 0.15) is 11.3 Å². The lowest BCUT2D eigenvalue weighted by Gasteiger charge is -2.19. The van der Waals surface area contributed by atoms with Crippen molar-refractivity contribution >= 4 is 12.1 Å². The molecule has 0 aromatic carbocycles. The van der Waals surface area contributed by atoms with Crippen molar-refractivity contribution in [3.05, 3.63) is 11.4 Å². The Kier molecular flexibility index (Phi) is 3.66. The molecule has 0 atom stereocenters. The highest BCUT2D eigenvalue weighted by Crippen LogP contribution is 2.07. The van der Waals surface area contributed by atoms with Gasteiger partial charge in [0.05, 0.1) is 6.54 Å². The average Bonchev–Trinajstić information content (AvgIpc) is 2.59. The fraction of sp³-hybridized carbons (Fsp3) is 0.556. The topological polar surface area (TPSA) is 117 Å². The van der Waals surface area contributed by atoms with Crippen LogP contribution in [0.2, 0.25) is 0 Å². The fourth-order valence-electron chi connectivity index (χ4n) is 1.02. The molecule has 1 aromatic rings. The van der Waals surface area contributed by atoms with Gasteiger partial charge in [0.25, 0.3) is 0 Å². The van der Waals surface area contributed by atoms with E-state index in [0.29, 0.717) is 0 Å². The summed E-state index contributed by atoms with van der Waals surface area (Å²) in [5, 5.41) is 20.4. The number of aromatic amines is 1. The van der Waals surface area contributed by atoms with Crippen LogP contribution in [0.4, 0.5) is 4.79 Å². The highest BCUT2D eigenvalue weighted by Gasteiger charge is 2.18. The lowest BCUT2D eigenvalue weighted by molar-refractivity contribution is 0.0520. The number of carboxylic acid groups (broad SMARTS) is 1. The molecular formula is C9H14N4O4. The number of ether oxygens (including phenoxy) is 1. The molecule has 0 aliphatic rings. The number of amides is 1. The molecule has 1 heterocycles. The van der Waals surface area contributed by atoms with Crippen molar-refractivity contribution in [3.8, 4) is 0 Å². The third kappa shape index (κ3) is 4.09. The van der Waals surface area contributed by atoms with Gasteiger partial charge in [-0.25, -0.2) is 9.59 Å². The number of hydrogen-bond acceptors (Lipinski definition) is 5. The third-order valence-corrected chi connectivity index (χ3v) is 1.62. The monoisotopic (exact) mass is 242 g/mol. The van der Waals surface area contributed by atoms with E-state index in [0.717, 1.165) is 0 Å². The Morgan fingerprint density at radius 2 is 2.06 bits per heavy atom. The van der Waals surface area contributed by atoms with Crippen molar-refractivity contribution < 1.29 is 19.4 Å². The van der Waals surface area contributed by atoms with E-state index < -0.39 is 17.7 Å². The largest absolute Gasteiger partial charge is 0.476 e. The van der Waals surface area contributed by atoms with Gasteiger partial charge >= 0.3 is 12.1 Å². The highest BCUT2D eigenvalue weighted by molar-refractivity contribution is 5.86. The molecule has 8 nitrogen and oxygen atoms in total. The zero-order valence-electron chi connectivity index (χ0n) is 9.77. The summed E-state index contributed by atoms with van der Waals surface area (Å²) in [5.74, 6) is -1.21. The second-order valence-corrected chi connectivity index (χ2v) is 4.28. The zero-order chi connectivity index (χ0) is 13.1. The molecule has 0 saturated heterocycles. The summed E-state index contributed by atoms with van der Waals surface area (Å²) >= 11 is 0. The first-order valence-electron chi connectivity index (χ1n) is 4.89. The molecule has 1 aromatic heterocycles. The Morgan fingerprint density at radius 3 is 2.59 bits per heavy atom. The number of carbonyl (C=O) groups is 2. The quantitative estimate of drug-likeness (QED) is 0.711. The van der Waals surface area contributed by atoms with Crippen LogP contribution in [0.3, 0.4) is 0 Å². The predicted molar refractivity (Wildman–Crippen MR) is 56.4 cm³/mol. The Labute approximate surface area is 97.4 Å². The minimum atomic E-state index is -1.21. The summed E-state index contributed by atoms with van der Waals surface area (Å²) in [4.78, 5) is 22.0. The summed E-state index contributed by atoms with van der Waals surface area (Å²) in [6, 6.07) is 0. The van der Waals surface area contributed by atoms with Crippen LogP contribution < -0.4 is 5.32 Å². The van der Waals surface area contributed by atoms with E-state index >= 15 is 0 Å². The number of H-pyrrole nitrogens is 1. The molecule has 0 aliphatic carbocycles. The van der Waals surface area contributed by atoms with E-state index in [4.69, 9.17) is 9.84 Å². The minimum absolute atomic E-state index is 0.0625. The number of hydrogen-bond donors (Lipinski definition) is 3. The number of aromatic nitrogens is 3. The van der Waals surface area contributed by atoms with E-state index in [1.54, 1.807) is 20.8 Å². The summed E-state index contributed by atoms with van der Waals surface area (Å²) in [6.45, 7) is 5.12. The fourth-order valence-corrected chi connectivity index (χ4v) is 1.02. The summed E-state index contributed by atoms with van der Waals surface area (Å²) in [7, 11) is 0. The van der Waals surface area contributed by atoms with Gasteiger partial charge in [-0.3, -0.25) is 0 Å². The van der Waals surface area contributed by atoms with Crippen LogP contribution in [0.15, 0.2) is 0 Å². The predicted octanol–water partition coefficient (Wildman–Crippen LogP) is 0.528. The van der Waals surface area contributed by atoms with Crippen molar-refractivity contribution in [1.82, 2.24) is 20.7 Å². The van der Waals surface area contributed by atoms with Crippen LogP contribution in [0.5, 0.6) is 0 Å². The maximum Gasteiger partial charge on any atom is 0.407 e. The number of carbonyl (C=O) groups excluding carboxylic acids is 1. The Balaban J connectivity index is 2.53. The van der Waals surface area contributed by atoms with E-state index in [-0.39, 0.29) is 17.9 Å². The van der Waals surface area contributed by atoms with Gasteiger partial charge in [-0.15, -0.1) is 5.10 Å². The molecule has 0 radical (unpaired) electrons. The van der Waals surface area contributed by atoms with Gasteiger partial charge in [-0.1, -0.05) is 0 Å². The third-order valence-electron chi connectivity index (χ3n) is 1.62. The lowest BCUT2D eigenvalue weighted by atomic mass is 10.2. The van der Waals surface area contributed by atoms with Gasteiger partial charge in [0.2, 0.25) is 0 Å². The van der Waals surface area contributed by atoms with Crippen molar-refractivity contribution in [1.29, 1.82) is 0 Å². The van der Waals surface area contributed by atoms with Crippen LogP contribution in [-0.2, 0) is 11.3 Å². The second kappa shape index (κ2) is 4.81. The number of aromatic carboxylic acids is 1. The molecular weight excluding hydrogens is 228 g/mol. The van der Waals surface area contributed by atoms with Gasteiger partial charge in [-0.05, 0) is 20.8 Å². The molecule has 0 fully saturated rings. The normalized spacial score (nSPS) is 11.0. The molecule has 0 spiro atoms. The van der Waals surface area contributed by atoms with Crippen LogP contribution >= 0.6 is 0 Å². The molecule has 1 rings (SSSR count). The highest BCUT2D eigenvalue weighted by atomic mass is 16.6. The minimum Gasteiger partial charge on any atom is -0.476 e. The van der Waals surface area contributed by atoms with E-state index in [2.05, 4.69) is 20.7 Å². The second-order valence-electron chi connectivity index (χ2n) is 4.28. The molecule has 8 heteroatoms. The summed E-state index contributed by atoms with van der Waals surface area (Å²) in [6.07, 6.45) is -0.642. The van der Waals surface area contributed by atoms with Crippen LogP contribution in [0, 0.1) is 0 Å². The molecule has 94 valence electrons. The molecule has 0 unspecified atom stereocenters. The van der Waals surface area contributed by atoms with Crippen LogP contribution in [0.25, 0.3) is 0 Å². The standard InChI is InChI=1S/C9H14N4O4/c1-9(2,3)17-8(16)10-4-5-6(7(14)15)12-13-11-5/h4H2,1-3H3,(H,10,16)(H,14,15)(H,11,12,13). The Morgan fingerprint density at radius 1 is 1.41 bits per heavy atom. The number of alkyl carbamates (subject to hydrolysis) is 1.